The minimum absolute atomic E-state index is 0.151. The number of sulfonamides is 1. The molecule has 1 saturated heterocycles. The predicted octanol–water partition coefficient (Wildman–Crippen LogP) is 4.07. The van der Waals surface area contributed by atoms with Gasteiger partial charge >= 0.3 is 0 Å². The maximum absolute atomic E-state index is 13.2. The molecule has 0 spiro atoms. The van der Waals surface area contributed by atoms with Crippen LogP contribution in [0.15, 0.2) is 57.8 Å². The molecule has 9 nitrogen and oxygen atoms in total. The summed E-state index contributed by atoms with van der Waals surface area (Å²) in [5.41, 5.74) is 5.07. The van der Waals surface area contributed by atoms with E-state index in [9.17, 15) is 8.42 Å². The molecule has 0 radical (unpaired) electrons. The highest BCUT2D eigenvalue weighted by Gasteiger charge is 2.32. The van der Waals surface area contributed by atoms with Gasteiger partial charge in [0.25, 0.3) is 0 Å². The summed E-state index contributed by atoms with van der Waals surface area (Å²) in [7, 11) is -0.459. The first-order valence-corrected chi connectivity index (χ1v) is 13.3. The minimum atomic E-state index is -3.64. The highest BCUT2D eigenvalue weighted by atomic mass is 32.2. The maximum Gasteiger partial charge on any atom is 0.243 e. The van der Waals surface area contributed by atoms with E-state index >= 15 is 0 Å². The number of hydrogen-bond donors (Lipinski definition) is 1. The van der Waals surface area contributed by atoms with Gasteiger partial charge in [-0.05, 0) is 38.1 Å². The molecule has 0 bridgehead atoms. The molecule has 2 atom stereocenters. The molecular weight excluding hydrogens is 488 g/mol. The summed E-state index contributed by atoms with van der Waals surface area (Å²) in [6.45, 7) is 4.43. The number of thiazole rings is 1. The molecule has 4 rings (SSSR count). The van der Waals surface area contributed by atoms with Gasteiger partial charge in [-0.25, -0.2) is 13.4 Å². The van der Waals surface area contributed by atoms with Gasteiger partial charge in [-0.2, -0.15) is 9.41 Å². The lowest BCUT2D eigenvalue weighted by Crippen LogP contribution is -2.48. The van der Waals surface area contributed by atoms with Gasteiger partial charge < -0.3 is 14.2 Å². The number of ether oxygens (including phenoxy) is 3. The molecule has 1 N–H and O–H groups in total. The van der Waals surface area contributed by atoms with Gasteiger partial charge in [0, 0.05) is 35.7 Å². The Labute approximate surface area is 209 Å². The Morgan fingerprint density at radius 1 is 1.14 bits per heavy atom. The summed E-state index contributed by atoms with van der Waals surface area (Å²) in [4.78, 5) is 4.79. The zero-order chi connectivity index (χ0) is 25.0. The zero-order valence-electron chi connectivity index (χ0n) is 20.0. The number of rotatable bonds is 8. The van der Waals surface area contributed by atoms with Gasteiger partial charge in [0.15, 0.2) is 0 Å². The summed E-state index contributed by atoms with van der Waals surface area (Å²) in [6, 6.07) is 12.3. The molecule has 35 heavy (non-hydrogen) atoms. The lowest BCUT2D eigenvalue weighted by molar-refractivity contribution is -0.0440. The van der Waals surface area contributed by atoms with Crippen molar-refractivity contribution >= 4 is 32.7 Å². The van der Waals surface area contributed by atoms with Crippen LogP contribution in [0.2, 0.25) is 0 Å². The van der Waals surface area contributed by atoms with Crippen molar-refractivity contribution in [1.29, 1.82) is 0 Å². The topological polar surface area (TPSA) is 102 Å². The average molecular weight is 517 g/mol. The molecule has 2 aromatic carbocycles. The van der Waals surface area contributed by atoms with Crippen molar-refractivity contribution in [1.82, 2.24) is 9.29 Å². The second-order valence-corrected chi connectivity index (χ2v) is 10.9. The lowest BCUT2D eigenvalue weighted by Gasteiger charge is -2.34. The molecule has 1 fully saturated rings. The van der Waals surface area contributed by atoms with Gasteiger partial charge in [0.1, 0.15) is 11.5 Å². The summed E-state index contributed by atoms with van der Waals surface area (Å²) < 4.78 is 44.2. The molecule has 1 aliphatic heterocycles. The summed E-state index contributed by atoms with van der Waals surface area (Å²) in [5, 5.41) is 6.69. The second kappa shape index (κ2) is 10.7. The summed E-state index contributed by atoms with van der Waals surface area (Å²) in [6.07, 6.45) is 1.33. The van der Waals surface area contributed by atoms with Crippen LogP contribution in [0.5, 0.6) is 11.5 Å². The Bertz CT molecular complexity index is 1300. The summed E-state index contributed by atoms with van der Waals surface area (Å²) in [5.74, 6) is 1.33. The van der Waals surface area contributed by atoms with Crippen molar-refractivity contribution in [3.63, 3.8) is 0 Å². The first-order valence-electron chi connectivity index (χ1n) is 11.0. The van der Waals surface area contributed by atoms with Crippen LogP contribution in [-0.4, -0.2) is 63.4 Å². The number of nitrogens with one attached hydrogen (secondary N) is 1. The van der Waals surface area contributed by atoms with Crippen LogP contribution < -0.4 is 14.9 Å². The van der Waals surface area contributed by atoms with Crippen LogP contribution in [0.1, 0.15) is 19.4 Å². The molecule has 3 aromatic rings. The van der Waals surface area contributed by atoms with Crippen molar-refractivity contribution in [2.75, 3.05) is 32.7 Å². The monoisotopic (exact) mass is 516 g/mol. The van der Waals surface area contributed by atoms with E-state index in [1.165, 1.54) is 15.6 Å². The fourth-order valence-corrected chi connectivity index (χ4v) is 6.14. The van der Waals surface area contributed by atoms with Gasteiger partial charge in [-0.1, -0.05) is 12.1 Å². The van der Waals surface area contributed by atoms with E-state index in [1.807, 2.05) is 37.4 Å². The first kappa shape index (κ1) is 25.1. The molecular formula is C24H28N4O5S2. The standard InChI is InChI=1S/C24H28N4O5S2/c1-16-13-28(14-17(2)33-16)35(29,30)21-7-5-6-18(10-21)22-15-34-24(26-22)27-25-12-19-8-9-20(31-3)11-23(19)32-4/h5-12,15-17H,13-14H2,1-4H3,(H,26,27). The average Bonchev–Trinajstić information content (AvgIpc) is 3.32. The fraction of sp³-hybridized carbons (Fsp3) is 0.333. The van der Waals surface area contributed by atoms with Crippen LogP contribution >= 0.6 is 11.3 Å². The molecule has 2 heterocycles. The smallest absolute Gasteiger partial charge is 0.243 e. The molecule has 2 unspecified atom stereocenters. The van der Waals surface area contributed by atoms with Crippen LogP contribution in [0.4, 0.5) is 5.13 Å². The Kier molecular flexibility index (Phi) is 7.70. The van der Waals surface area contributed by atoms with E-state index in [4.69, 9.17) is 14.2 Å². The molecule has 186 valence electrons. The first-order chi connectivity index (χ1) is 16.8. The zero-order valence-corrected chi connectivity index (χ0v) is 21.6. The number of aromatic nitrogens is 1. The molecule has 1 aliphatic rings. The normalized spacial score (nSPS) is 19.1. The van der Waals surface area contributed by atoms with Crippen LogP contribution in [0, 0.1) is 0 Å². The number of morpholine rings is 1. The third-order valence-electron chi connectivity index (χ3n) is 5.46. The number of nitrogens with zero attached hydrogens (tertiary/aromatic N) is 3. The fourth-order valence-electron chi connectivity index (χ4n) is 3.83. The van der Waals surface area contributed by atoms with Crippen LogP contribution in [0.25, 0.3) is 11.3 Å². The van der Waals surface area contributed by atoms with Gasteiger partial charge in [-0.15, -0.1) is 11.3 Å². The van der Waals surface area contributed by atoms with Crippen molar-refractivity contribution in [3.05, 3.63) is 53.4 Å². The van der Waals surface area contributed by atoms with E-state index in [2.05, 4.69) is 15.5 Å². The van der Waals surface area contributed by atoms with Crippen molar-refractivity contribution in [3.8, 4) is 22.8 Å². The highest BCUT2D eigenvalue weighted by Crippen LogP contribution is 2.29. The third-order valence-corrected chi connectivity index (χ3v) is 8.04. The number of hydrogen-bond acceptors (Lipinski definition) is 9. The maximum atomic E-state index is 13.2. The molecule has 0 aliphatic carbocycles. The largest absolute Gasteiger partial charge is 0.497 e. The van der Waals surface area contributed by atoms with Crippen molar-refractivity contribution in [2.24, 2.45) is 5.10 Å². The van der Waals surface area contributed by atoms with E-state index < -0.39 is 10.0 Å². The van der Waals surface area contributed by atoms with E-state index in [0.717, 1.165) is 5.56 Å². The molecule has 1 aromatic heterocycles. The molecule has 0 saturated carbocycles. The Balaban J connectivity index is 1.48. The van der Waals surface area contributed by atoms with E-state index in [0.29, 0.717) is 41.0 Å². The molecule has 11 heteroatoms. The predicted molar refractivity (Wildman–Crippen MR) is 137 cm³/mol. The minimum Gasteiger partial charge on any atom is -0.497 e. The number of benzene rings is 2. The Morgan fingerprint density at radius 3 is 2.63 bits per heavy atom. The number of methoxy groups -OCH3 is 2. The lowest BCUT2D eigenvalue weighted by atomic mass is 10.2. The second-order valence-electron chi connectivity index (χ2n) is 8.12. The van der Waals surface area contributed by atoms with Gasteiger partial charge in [0.05, 0.1) is 43.2 Å². The SMILES string of the molecule is COc1ccc(C=NNc2nc(-c3cccc(S(=O)(=O)N4CC(C)OC(C)C4)c3)cs2)c(OC)c1. The molecule has 0 amide bonds. The quantitative estimate of drug-likeness (QED) is 0.356. The van der Waals surface area contributed by atoms with E-state index in [-0.39, 0.29) is 17.1 Å². The van der Waals surface area contributed by atoms with Crippen LogP contribution in [-0.2, 0) is 14.8 Å². The van der Waals surface area contributed by atoms with Crippen LogP contribution in [0.3, 0.4) is 0 Å². The Hall–Kier alpha value is -2.99. The Morgan fingerprint density at radius 2 is 1.91 bits per heavy atom. The highest BCUT2D eigenvalue weighted by molar-refractivity contribution is 7.89. The van der Waals surface area contributed by atoms with Crippen molar-refractivity contribution < 1.29 is 22.6 Å². The van der Waals surface area contributed by atoms with Gasteiger partial charge in [0.2, 0.25) is 15.2 Å². The van der Waals surface area contributed by atoms with Crippen molar-refractivity contribution in [2.45, 2.75) is 31.0 Å². The van der Waals surface area contributed by atoms with Gasteiger partial charge in [-0.3, -0.25) is 5.43 Å². The third kappa shape index (κ3) is 5.81. The number of hydrazone groups is 1. The van der Waals surface area contributed by atoms with E-state index in [1.54, 1.807) is 44.7 Å². The summed E-state index contributed by atoms with van der Waals surface area (Å²) >= 11 is 1.37. The number of anilines is 1.